The van der Waals surface area contributed by atoms with E-state index >= 15 is 0 Å². The minimum Gasteiger partial charge on any atom is -0.309 e. The summed E-state index contributed by atoms with van der Waals surface area (Å²) >= 11 is 5.25. The van der Waals surface area contributed by atoms with Gasteiger partial charge in [-0.25, -0.2) is 13.6 Å². The van der Waals surface area contributed by atoms with Crippen LogP contribution in [-0.2, 0) is 16.4 Å². The molecule has 0 aliphatic heterocycles. The number of sulfonamides is 1. The molecule has 1 atom stereocenters. The van der Waals surface area contributed by atoms with Gasteiger partial charge in [-0.05, 0) is 65.0 Å². The van der Waals surface area contributed by atoms with Gasteiger partial charge in [0.25, 0.3) is 0 Å². The molecular formula is C14H17BrN2O2S2. The number of thiophene rings is 1. The average molecular weight is 389 g/mol. The van der Waals surface area contributed by atoms with E-state index in [1.807, 2.05) is 6.07 Å². The van der Waals surface area contributed by atoms with E-state index in [1.165, 1.54) is 4.88 Å². The normalized spacial score (nSPS) is 13.3. The van der Waals surface area contributed by atoms with Gasteiger partial charge >= 0.3 is 0 Å². The Kier molecular flexibility index (Phi) is 5.56. The van der Waals surface area contributed by atoms with E-state index in [-0.39, 0.29) is 10.9 Å². The monoisotopic (exact) mass is 388 g/mol. The molecule has 0 spiro atoms. The lowest BCUT2D eigenvalue weighted by Gasteiger charge is -2.13. The molecule has 4 nitrogen and oxygen atoms in total. The van der Waals surface area contributed by atoms with E-state index in [2.05, 4.69) is 33.6 Å². The van der Waals surface area contributed by atoms with Crippen molar-refractivity contribution in [3.05, 3.63) is 50.6 Å². The summed E-state index contributed by atoms with van der Waals surface area (Å²) in [5.41, 5.74) is 1.08. The highest BCUT2D eigenvalue weighted by Crippen LogP contribution is 2.28. The van der Waals surface area contributed by atoms with Crippen LogP contribution in [0, 0.1) is 0 Å². The zero-order valence-corrected chi connectivity index (χ0v) is 14.8. The van der Waals surface area contributed by atoms with E-state index in [9.17, 15) is 8.42 Å². The second-order valence-electron chi connectivity index (χ2n) is 4.75. The topological polar surface area (TPSA) is 72.2 Å². The summed E-state index contributed by atoms with van der Waals surface area (Å²) in [4.78, 5) is 1.43. The van der Waals surface area contributed by atoms with Gasteiger partial charge in [0.1, 0.15) is 0 Å². The van der Waals surface area contributed by atoms with Crippen LogP contribution in [0.2, 0.25) is 0 Å². The van der Waals surface area contributed by atoms with Gasteiger partial charge in [-0.15, -0.1) is 11.3 Å². The van der Waals surface area contributed by atoms with Crippen molar-refractivity contribution >= 4 is 37.3 Å². The Balaban J connectivity index is 1.88. The van der Waals surface area contributed by atoms with E-state index in [0.29, 0.717) is 0 Å². The van der Waals surface area contributed by atoms with Crippen LogP contribution in [0.25, 0.3) is 0 Å². The molecule has 1 aromatic heterocycles. The Bertz CT molecular complexity index is 696. The molecule has 0 aliphatic rings. The third kappa shape index (κ3) is 4.62. The Morgan fingerprint density at radius 2 is 1.95 bits per heavy atom. The van der Waals surface area contributed by atoms with Crippen molar-refractivity contribution < 1.29 is 8.42 Å². The first-order valence-electron chi connectivity index (χ1n) is 6.46. The third-order valence-corrected chi connectivity index (χ3v) is 6.14. The first kappa shape index (κ1) is 16.6. The quantitative estimate of drug-likeness (QED) is 0.798. The van der Waals surface area contributed by atoms with Crippen LogP contribution >= 0.6 is 27.3 Å². The highest BCUT2D eigenvalue weighted by Gasteiger charge is 2.10. The summed E-state index contributed by atoms with van der Waals surface area (Å²) in [6, 6.07) is 9.02. The summed E-state index contributed by atoms with van der Waals surface area (Å²) in [6.07, 6.45) is 0.832. The maximum absolute atomic E-state index is 11.2. The van der Waals surface area contributed by atoms with Crippen LogP contribution in [0.1, 0.15) is 23.4 Å². The number of benzene rings is 1. The maximum atomic E-state index is 11.2. The van der Waals surface area contributed by atoms with Gasteiger partial charge in [0.05, 0.1) is 4.90 Å². The van der Waals surface area contributed by atoms with Gasteiger partial charge in [0.15, 0.2) is 0 Å². The van der Waals surface area contributed by atoms with E-state index in [4.69, 9.17) is 5.14 Å². The van der Waals surface area contributed by atoms with Gasteiger partial charge in [-0.3, -0.25) is 0 Å². The molecule has 1 heterocycles. The largest absolute Gasteiger partial charge is 0.309 e. The zero-order valence-electron chi connectivity index (χ0n) is 11.5. The van der Waals surface area contributed by atoms with Crippen molar-refractivity contribution in [2.75, 3.05) is 6.54 Å². The molecule has 21 heavy (non-hydrogen) atoms. The fourth-order valence-corrected chi connectivity index (χ4v) is 4.25. The minimum atomic E-state index is -3.61. The Hall–Kier alpha value is -0.730. The van der Waals surface area contributed by atoms with Gasteiger partial charge in [0, 0.05) is 15.4 Å². The lowest BCUT2D eigenvalue weighted by molar-refractivity contribution is 0.583. The molecule has 0 bridgehead atoms. The number of nitrogens with two attached hydrogens (primary N) is 1. The van der Waals surface area contributed by atoms with Crippen molar-refractivity contribution in [1.82, 2.24) is 5.32 Å². The van der Waals surface area contributed by atoms with Crippen molar-refractivity contribution in [3.8, 4) is 0 Å². The number of nitrogens with one attached hydrogen (secondary N) is 1. The van der Waals surface area contributed by atoms with Crippen molar-refractivity contribution in [2.24, 2.45) is 5.14 Å². The van der Waals surface area contributed by atoms with Crippen LogP contribution in [0.3, 0.4) is 0 Å². The van der Waals surface area contributed by atoms with Crippen molar-refractivity contribution in [2.45, 2.75) is 24.3 Å². The van der Waals surface area contributed by atoms with Crippen molar-refractivity contribution in [3.63, 3.8) is 0 Å². The first-order valence-corrected chi connectivity index (χ1v) is 9.68. The fourth-order valence-electron chi connectivity index (χ4n) is 1.99. The lowest BCUT2D eigenvalue weighted by atomic mass is 10.1. The number of halogens is 1. The highest BCUT2D eigenvalue weighted by molar-refractivity contribution is 9.10. The average Bonchev–Trinajstić information content (AvgIpc) is 2.84. The molecule has 7 heteroatoms. The number of hydrogen-bond acceptors (Lipinski definition) is 4. The summed E-state index contributed by atoms with van der Waals surface area (Å²) in [5.74, 6) is 0. The molecule has 1 unspecified atom stereocenters. The van der Waals surface area contributed by atoms with Crippen LogP contribution in [0.4, 0.5) is 0 Å². The predicted molar refractivity (Wildman–Crippen MR) is 90.0 cm³/mol. The number of primary sulfonamides is 1. The van der Waals surface area contributed by atoms with E-state index in [0.717, 1.165) is 23.0 Å². The number of hydrogen-bond donors (Lipinski definition) is 2. The third-order valence-electron chi connectivity index (χ3n) is 3.15. The SMILES string of the molecule is CC(NCCc1ccc(S(N)(=O)=O)cc1)c1sccc1Br. The van der Waals surface area contributed by atoms with Crippen molar-refractivity contribution in [1.29, 1.82) is 0 Å². The van der Waals surface area contributed by atoms with E-state index in [1.54, 1.807) is 35.6 Å². The number of rotatable bonds is 6. The Morgan fingerprint density at radius 3 is 2.48 bits per heavy atom. The van der Waals surface area contributed by atoms with Gasteiger partial charge in [0.2, 0.25) is 10.0 Å². The first-order chi connectivity index (χ1) is 9.88. The molecule has 0 amide bonds. The van der Waals surface area contributed by atoms with Crippen LogP contribution in [0.5, 0.6) is 0 Å². The van der Waals surface area contributed by atoms with Gasteiger partial charge in [-0.2, -0.15) is 0 Å². The molecule has 3 N–H and O–H groups in total. The summed E-state index contributed by atoms with van der Waals surface area (Å²) in [6.45, 7) is 2.95. The molecule has 0 aliphatic carbocycles. The van der Waals surface area contributed by atoms with Crippen LogP contribution < -0.4 is 10.5 Å². The molecular weight excluding hydrogens is 372 g/mol. The summed E-state index contributed by atoms with van der Waals surface area (Å²) < 4.78 is 23.5. The summed E-state index contributed by atoms with van der Waals surface area (Å²) in [5, 5.41) is 10.6. The van der Waals surface area contributed by atoms with Gasteiger partial charge < -0.3 is 5.32 Å². The van der Waals surface area contributed by atoms with E-state index < -0.39 is 10.0 Å². The maximum Gasteiger partial charge on any atom is 0.238 e. The standard InChI is InChI=1S/C14H17BrN2O2S2/c1-10(14-13(15)7-9-20-14)17-8-6-11-2-4-12(5-3-11)21(16,18)19/h2-5,7,9-10,17H,6,8H2,1H3,(H2,16,18,19). The minimum absolute atomic E-state index is 0.148. The van der Waals surface area contributed by atoms with Crippen LogP contribution in [-0.4, -0.2) is 15.0 Å². The predicted octanol–water partition coefficient (Wildman–Crippen LogP) is 3.05. The molecule has 1 aromatic carbocycles. The smallest absolute Gasteiger partial charge is 0.238 e. The molecule has 114 valence electrons. The molecule has 0 saturated heterocycles. The molecule has 2 aromatic rings. The molecule has 0 radical (unpaired) electrons. The highest BCUT2D eigenvalue weighted by atomic mass is 79.9. The van der Waals surface area contributed by atoms with Gasteiger partial charge in [-0.1, -0.05) is 12.1 Å². The lowest BCUT2D eigenvalue weighted by Crippen LogP contribution is -2.21. The fraction of sp³-hybridized carbons (Fsp3) is 0.286. The molecule has 0 saturated carbocycles. The zero-order chi connectivity index (χ0) is 15.5. The second kappa shape index (κ2) is 7.02. The van der Waals surface area contributed by atoms with Crippen LogP contribution in [0.15, 0.2) is 45.1 Å². The Morgan fingerprint density at radius 1 is 1.29 bits per heavy atom. The Labute approximate surface area is 137 Å². The molecule has 2 rings (SSSR count). The molecule has 0 fully saturated rings. The second-order valence-corrected chi connectivity index (χ2v) is 8.11. The summed E-state index contributed by atoms with van der Waals surface area (Å²) in [7, 11) is -3.61.